The number of ether oxygens (including phenoxy) is 1. The molecule has 3 rings (SSSR count). The Labute approximate surface area is 142 Å². The monoisotopic (exact) mass is 375 g/mol. The van der Waals surface area contributed by atoms with Gasteiger partial charge in [0.05, 0.1) is 16.1 Å². The van der Waals surface area contributed by atoms with Gasteiger partial charge in [0.25, 0.3) is 5.56 Å². The molecule has 0 aliphatic carbocycles. The minimum absolute atomic E-state index is 0.0628. The lowest BCUT2D eigenvalue weighted by molar-refractivity contribution is -0.153. The molecule has 0 saturated heterocycles. The summed E-state index contributed by atoms with van der Waals surface area (Å²) in [6.07, 6.45) is -2.89. The summed E-state index contributed by atoms with van der Waals surface area (Å²) in [6.45, 7) is -1.46. The van der Waals surface area contributed by atoms with E-state index in [2.05, 4.69) is 14.7 Å². The third kappa shape index (κ3) is 3.17. The maximum atomic E-state index is 12.5. The first-order valence-electron chi connectivity index (χ1n) is 6.58. The van der Waals surface area contributed by atoms with Crippen LogP contribution in [0.2, 0.25) is 5.02 Å². The number of benzene rings is 1. The lowest BCUT2D eigenvalue weighted by Gasteiger charge is -2.12. The zero-order valence-electron chi connectivity index (χ0n) is 11.8. The lowest BCUT2D eigenvalue weighted by Crippen LogP contribution is -2.20. The van der Waals surface area contributed by atoms with Gasteiger partial charge in [0.15, 0.2) is 11.4 Å². The van der Waals surface area contributed by atoms with Crippen LogP contribution in [0.25, 0.3) is 16.7 Å². The highest BCUT2D eigenvalue weighted by molar-refractivity contribution is 7.71. The number of H-pyrrole nitrogens is 2. The average Bonchev–Trinajstić information content (AvgIpc) is 2.94. The highest BCUT2D eigenvalue weighted by atomic mass is 35.5. The van der Waals surface area contributed by atoms with Crippen molar-refractivity contribution in [1.82, 2.24) is 14.5 Å². The largest absolute Gasteiger partial charge is 0.483 e. The summed E-state index contributed by atoms with van der Waals surface area (Å²) in [5.41, 5.74) is 0.418. The smallest absolute Gasteiger partial charge is 0.422 e. The van der Waals surface area contributed by atoms with Crippen molar-refractivity contribution >= 4 is 34.9 Å². The standard InChI is InChI=1S/C14H9ClF3N3O2S/c15-9-5-7(1-2-10(9)23-6-14(16,17)18)21-12(22)8-3-4-19-11(8)20-13(21)24/h1-5,19H,6H2,(H,20,24). The SMILES string of the molecule is O=c1c2cc[nH]c2[nH]c(=S)n1-c1ccc(OCC(F)(F)F)c(Cl)c1. The van der Waals surface area contributed by atoms with Gasteiger partial charge in [-0.15, -0.1) is 0 Å². The zero-order valence-corrected chi connectivity index (χ0v) is 13.4. The first-order valence-corrected chi connectivity index (χ1v) is 7.37. The molecule has 2 heterocycles. The minimum atomic E-state index is -4.47. The Bertz CT molecular complexity index is 1020. The van der Waals surface area contributed by atoms with E-state index in [-0.39, 0.29) is 21.1 Å². The zero-order chi connectivity index (χ0) is 17.5. The number of aromatic amines is 2. The average molecular weight is 376 g/mol. The number of hydrogen-bond acceptors (Lipinski definition) is 3. The van der Waals surface area contributed by atoms with E-state index in [4.69, 9.17) is 23.8 Å². The fourth-order valence-electron chi connectivity index (χ4n) is 2.17. The summed E-state index contributed by atoms with van der Waals surface area (Å²) in [4.78, 5) is 18.2. The van der Waals surface area contributed by atoms with Crippen molar-refractivity contribution < 1.29 is 17.9 Å². The summed E-state index contributed by atoms with van der Waals surface area (Å²) >= 11 is 11.1. The van der Waals surface area contributed by atoms with Crippen molar-refractivity contribution in [3.8, 4) is 11.4 Å². The van der Waals surface area contributed by atoms with Crippen LogP contribution in [0.3, 0.4) is 0 Å². The Hall–Kier alpha value is -2.26. The molecule has 5 nitrogen and oxygen atoms in total. The second kappa shape index (κ2) is 5.99. The number of alkyl halides is 3. The molecule has 0 saturated carbocycles. The molecule has 3 aromatic rings. The summed E-state index contributed by atoms with van der Waals surface area (Å²) in [7, 11) is 0. The van der Waals surface area contributed by atoms with Crippen molar-refractivity contribution in [2.75, 3.05) is 6.61 Å². The first-order chi connectivity index (χ1) is 11.3. The Morgan fingerprint density at radius 3 is 2.71 bits per heavy atom. The summed E-state index contributed by atoms with van der Waals surface area (Å²) in [6, 6.07) is 5.56. The number of halogens is 4. The second-order valence-electron chi connectivity index (χ2n) is 4.86. The topological polar surface area (TPSA) is 62.8 Å². The van der Waals surface area contributed by atoms with Crippen molar-refractivity contribution in [2.24, 2.45) is 0 Å². The predicted molar refractivity (Wildman–Crippen MR) is 85.6 cm³/mol. The van der Waals surface area contributed by atoms with Gasteiger partial charge in [0.2, 0.25) is 0 Å². The Morgan fingerprint density at radius 1 is 1.29 bits per heavy atom. The molecular formula is C14H9ClF3N3O2S. The fraction of sp³-hybridized carbons (Fsp3) is 0.143. The van der Waals surface area contributed by atoms with Crippen molar-refractivity contribution in [3.63, 3.8) is 0 Å². The summed E-state index contributed by atoms with van der Waals surface area (Å²) < 4.78 is 42.6. The van der Waals surface area contributed by atoms with Crippen LogP contribution in [0, 0.1) is 4.77 Å². The van der Waals surface area contributed by atoms with Crippen LogP contribution < -0.4 is 10.3 Å². The van der Waals surface area contributed by atoms with E-state index in [0.717, 1.165) is 0 Å². The highest BCUT2D eigenvalue weighted by Gasteiger charge is 2.28. The van der Waals surface area contributed by atoms with Gasteiger partial charge in [-0.2, -0.15) is 13.2 Å². The molecule has 126 valence electrons. The van der Waals surface area contributed by atoms with Gasteiger partial charge in [0, 0.05) is 6.20 Å². The number of rotatable bonds is 3. The molecule has 0 spiro atoms. The molecule has 0 atom stereocenters. The minimum Gasteiger partial charge on any atom is -0.483 e. The summed E-state index contributed by atoms with van der Waals surface area (Å²) in [5, 5.41) is 0.323. The molecule has 0 amide bonds. The van der Waals surface area contributed by atoms with E-state index >= 15 is 0 Å². The first kappa shape index (κ1) is 16.6. The number of fused-ring (bicyclic) bond motifs is 1. The van der Waals surface area contributed by atoms with Gasteiger partial charge >= 0.3 is 6.18 Å². The number of nitrogens with zero attached hydrogens (tertiary/aromatic N) is 1. The molecule has 2 aromatic heterocycles. The third-order valence-electron chi connectivity index (χ3n) is 3.18. The van der Waals surface area contributed by atoms with Gasteiger partial charge in [-0.1, -0.05) is 11.6 Å². The predicted octanol–water partition coefficient (Wildman–Crippen LogP) is 3.97. The van der Waals surface area contributed by atoms with Gasteiger partial charge < -0.3 is 14.7 Å². The maximum absolute atomic E-state index is 12.5. The van der Waals surface area contributed by atoms with Crippen molar-refractivity contribution in [3.05, 3.63) is 50.6 Å². The second-order valence-corrected chi connectivity index (χ2v) is 5.65. The van der Waals surface area contributed by atoms with Crippen LogP contribution in [-0.2, 0) is 0 Å². The molecule has 24 heavy (non-hydrogen) atoms. The van der Waals surface area contributed by atoms with E-state index in [9.17, 15) is 18.0 Å². The van der Waals surface area contributed by atoms with Crippen LogP contribution in [0.15, 0.2) is 35.3 Å². The highest BCUT2D eigenvalue weighted by Crippen LogP contribution is 2.28. The van der Waals surface area contributed by atoms with Crippen LogP contribution in [-0.4, -0.2) is 27.3 Å². The van der Waals surface area contributed by atoms with E-state index in [1.54, 1.807) is 12.3 Å². The van der Waals surface area contributed by atoms with Crippen molar-refractivity contribution in [1.29, 1.82) is 0 Å². The van der Waals surface area contributed by atoms with Crippen LogP contribution in [0.5, 0.6) is 5.75 Å². The number of aromatic nitrogens is 3. The van der Waals surface area contributed by atoms with Crippen LogP contribution in [0.1, 0.15) is 0 Å². The van der Waals surface area contributed by atoms with Gasteiger partial charge in [0.1, 0.15) is 11.4 Å². The van der Waals surface area contributed by atoms with E-state index in [1.807, 2.05) is 0 Å². The van der Waals surface area contributed by atoms with Gasteiger partial charge in [-0.3, -0.25) is 9.36 Å². The molecule has 0 fully saturated rings. The van der Waals surface area contributed by atoms with Crippen molar-refractivity contribution in [2.45, 2.75) is 6.18 Å². The van der Waals surface area contributed by atoms with E-state index in [0.29, 0.717) is 16.7 Å². The van der Waals surface area contributed by atoms with E-state index < -0.39 is 12.8 Å². The number of hydrogen-bond donors (Lipinski definition) is 2. The van der Waals surface area contributed by atoms with Gasteiger partial charge in [-0.25, -0.2) is 0 Å². The lowest BCUT2D eigenvalue weighted by atomic mass is 10.3. The molecule has 0 aliphatic rings. The molecule has 0 bridgehead atoms. The van der Waals surface area contributed by atoms with Crippen LogP contribution in [0.4, 0.5) is 13.2 Å². The Morgan fingerprint density at radius 2 is 2.04 bits per heavy atom. The molecular weight excluding hydrogens is 367 g/mol. The molecule has 0 radical (unpaired) electrons. The molecule has 10 heteroatoms. The normalized spacial score (nSPS) is 11.8. The fourth-order valence-corrected chi connectivity index (χ4v) is 2.69. The van der Waals surface area contributed by atoms with Gasteiger partial charge in [-0.05, 0) is 36.5 Å². The quantitative estimate of drug-likeness (QED) is 0.681. The number of nitrogens with one attached hydrogen (secondary N) is 2. The Kier molecular flexibility index (Phi) is 4.14. The Balaban J connectivity index is 2.04. The molecule has 0 aliphatic heterocycles. The van der Waals surface area contributed by atoms with Crippen LogP contribution >= 0.6 is 23.8 Å². The molecule has 2 N–H and O–H groups in total. The third-order valence-corrected chi connectivity index (χ3v) is 3.76. The van der Waals surface area contributed by atoms with E-state index in [1.165, 1.54) is 22.8 Å². The maximum Gasteiger partial charge on any atom is 0.422 e. The molecule has 0 unspecified atom stereocenters. The summed E-state index contributed by atoms with van der Waals surface area (Å²) in [5.74, 6) is -0.136. The molecule has 1 aromatic carbocycles.